The number of halogens is 4. The molecule has 2 aliphatic rings. The lowest BCUT2D eigenvalue weighted by Gasteiger charge is -2.27. The van der Waals surface area contributed by atoms with Gasteiger partial charge in [0.25, 0.3) is 17.7 Å². The van der Waals surface area contributed by atoms with Gasteiger partial charge in [-0.2, -0.15) is 18.3 Å². The molecule has 0 aliphatic carbocycles. The number of aromatic nitrogens is 1. The number of nitrogens with two attached hydrogens (primary N) is 1. The van der Waals surface area contributed by atoms with E-state index in [2.05, 4.69) is 41.7 Å². The summed E-state index contributed by atoms with van der Waals surface area (Å²) in [4.78, 5) is 97.3. The minimum absolute atomic E-state index is 0.00142. The van der Waals surface area contributed by atoms with E-state index in [-0.39, 0.29) is 79.7 Å². The molecule has 3 heterocycles. The first kappa shape index (κ1) is 60.4. The number of alkyl halides is 3. The fourth-order valence-corrected chi connectivity index (χ4v) is 7.84. The van der Waals surface area contributed by atoms with Crippen molar-refractivity contribution in [3.8, 4) is 11.5 Å². The van der Waals surface area contributed by atoms with E-state index in [9.17, 15) is 46.7 Å². The van der Waals surface area contributed by atoms with Crippen molar-refractivity contribution in [2.24, 2.45) is 15.9 Å². The lowest BCUT2D eigenvalue weighted by molar-refractivity contribution is -0.138. The van der Waals surface area contributed by atoms with E-state index < -0.39 is 58.4 Å². The Balaban J connectivity index is 0.711. The number of unbranched alkanes of at least 4 members (excludes halogenated alkanes) is 2. The van der Waals surface area contributed by atoms with Crippen LogP contribution in [-0.4, -0.2) is 148 Å². The Morgan fingerprint density at radius 3 is 2.14 bits per heavy atom. The summed E-state index contributed by atoms with van der Waals surface area (Å²) in [7, 11) is 0. The molecular weight excluding hydrogens is 1070 g/mol. The van der Waals surface area contributed by atoms with Crippen molar-refractivity contribution in [3.63, 3.8) is 0 Å². The SMILES string of the molecule is NN=C(C=NCCCCCC(=O)Nc1cccc2c1C(=O)N(C1CCC(=O)NC1=O)C2=O)COCCOCCOCCOCCOCCNC(=O)c1cc(Oc2ccc(NC(=O)Nc3ccc(Cl)c(C(F)(F)F)c3)cc2)ccn1. The maximum absolute atomic E-state index is 13.3. The fraction of sp³-hybridized carbons (Fsp3) is 0.385. The number of nitrogens with zero attached hydrogens (tertiary/aromatic N) is 4. The second kappa shape index (κ2) is 30.9. The van der Waals surface area contributed by atoms with Gasteiger partial charge in [0.2, 0.25) is 17.7 Å². The third kappa shape index (κ3) is 19.2. The average molecular weight is 1120 g/mol. The summed E-state index contributed by atoms with van der Waals surface area (Å²) in [6, 6.07) is 14.8. The molecule has 23 nitrogen and oxygen atoms in total. The van der Waals surface area contributed by atoms with Gasteiger partial charge >= 0.3 is 12.2 Å². The molecule has 27 heteroatoms. The number of benzene rings is 3. The summed E-state index contributed by atoms with van der Waals surface area (Å²) >= 11 is 5.64. The summed E-state index contributed by atoms with van der Waals surface area (Å²) in [6.07, 6.45) is 0.361. The second-order valence-corrected chi connectivity index (χ2v) is 17.6. The van der Waals surface area contributed by atoms with E-state index in [0.717, 1.165) is 17.0 Å². The lowest BCUT2D eigenvalue weighted by Crippen LogP contribution is -2.54. The third-order valence-electron chi connectivity index (χ3n) is 11.5. The number of ether oxygens (including phenoxy) is 6. The third-order valence-corrected chi connectivity index (χ3v) is 11.8. The van der Waals surface area contributed by atoms with Crippen LogP contribution in [0, 0.1) is 0 Å². The Labute approximate surface area is 456 Å². The highest BCUT2D eigenvalue weighted by Gasteiger charge is 2.45. The number of hydrogen-bond acceptors (Lipinski definition) is 17. The number of pyridine rings is 1. The maximum Gasteiger partial charge on any atom is 0.417 e. The number of hydrogen-bond donors (Lipinski definition) is 6. The van der Waals surface area contributed by atoms with Crippen LogP contribution in [0.2, 0.25) is 5.02 Å². The summed E-state index contributed by atoms with van der Waals surface area (Å²) in [6.45, 7) is 3.66. The average Bonchev–Trinajstić information content (AvgIpc) is 3.69. The van der Waals surface area contributed by atoms with Crippen molar-refractivity contribution >= 4 is 82.1 Å². The van der Waals surface area contributed by atoms with Gasteiger partial charge in [-0.05, 0) is 79.9 Å². The number of carbonyl (C=O) groups excluding carboxylic acids is 7. The number of piperidine rings is 1. The predicted molar refractivity (Wildman–Crippen MR) is 281 cm³/mol. The van der Waals surface area contributed by atoms with Gasteiger partial charge in [0.05, 0.1) is 93.5 Å². The molecule has 8 amide bonds. The standard InChI is InChI=1S/C52H58ClF3N10O13/c53-40-13-10-34(29-39(40)52(54,55)56)62-51(73)61-33-8-11-36(12-9-33)79-37-16-18-59-42(30-37)47(69)60-19-20-74-21-22-75-23-24-76-25-26-77-27-28-78-32-35(65-57)31-58-17-3-1-2-7-44(67)63-41-6-4-5-38-46(41)50(72)66(49(38)71)43-14-15-45(68)64-48(43)70/h4-6,8-13,16,18,29-31,43H,1-3,7,14-15,17,19-28,32,57H2,(H,60,69)(H,63,67)(H2,61,62,73)(H,64,68,70). The Hall–Kier alpha value is -7.88. The Bertz CT molecular complexity index is 2840. The monoisotopic (exact) mass is 1120 g/mol. The maximum atomic E-state index is 13.3. The molecule has 1 atom stereocenters. The molecule has 0 spiro atoms. The van der Waals surface area contributed by atoms with E-state index in [0.29, 0.717) is 95.0 Å². The van der Waals surface area contributed by atoms with Gasteiger partial charge < -0.3 is 55.5 Å². The number of nitrogens with one attached hydrogen (secondary N) is 5. The fourth-order valence-electron chi connectivity index (χ4n) is 7.61. The molecule has 0 saturated carbocycles. The van der Waals surface area contributed by atoms with E-state index in [4.69, 9.17) is 45.9 Å². The van der Waals surface area contributed by atoms with Crippen LogP contribution >= 0.6 is 11.6 Å². The molecule has 6 rings (SSSR count). The van der Waals surface area contributed by atoms with Crippen molar-refractivity contribution in [2.75, 3.05) is 95.1 Å². The summed E-state index contributed by atoms with van der Waals surface area (Å²) in [5.41, 5.74) is -0.0249. The molecule has 1 saturated heterocycles. The van der Waals surface area contributed by atoms with E-state index in [1.165, 1.54) is 48.8 Å². The van der Waals surface area contributed by atoms with Crippen LogP contribution in [-0.2, 0) is 44.2 Å². The number of anilines is 3. The molecule has 422 valence electrons. The van der Waals surface area contributed by atoms with E-state index in [1.807, 2.05) is 0 Å². The number of urea groups is 1. The molecule has 0 radical (unpaired) electrons. The number of rotatable bonds is 31. The molecule has 1 fully saturated rings. The first-order valence-corrected chi connectivity index (χ1v) is 25.3. The smallest absolute Gasteiger partial charge is 0.417 e. The van der Waals surface area contributed by atoms with Gasteiger partial charge in [-0.3, -0.25) is 49.0 Å². The molecule has 0 bridgehead atoms. The zero-order chi connectivity index (χ0) is 56.6. The molecule has 1 aromatic heterocycles. The number of aliphatic imine (C=N–C) groups is 1. The number of amides is 8. The van der Waals surface area contributed by atoms with Crippen molar-refractivity contribution in [2.45, 2.75) is 50.7 Å². The Morgan fingerprint density at radius 2 is 1.46 bits per heavy atom. The highest BCUT2D eigenvalue weighted by atomic mass is 35.5. The van der Waals surface area contributed by atoms with Crippen molar-refractivity contribution in [3.05, 3.63) is 106 Å². The molecule has 2 aliphatic heterocycles. The van der Waals surface area contributed by atoms with E-state index >= 15 is 0 Å². The van der Waals surface area contributed by atoms with E-state index in [1.54, 1.807) is 24.3 Å². The van der Waals surface area contributed by atoms with Gasteiger partial charge in [0.15, 0.2) is 0 Å². The van der Waals surface area contributed by atoms with Crippen molar-refractivity contribution < 1.29 is 75.2 Å². The van der Waals surface area contributed by atoms with Crippen LogP contribution in [0.4, 0.5) is 35.0 Å². The largest absolute Gasteiger partial charge is 0.457 e. The highest BCUT2D eigenvalue weighted by molar-refractivity contribution is 6.32. The lowest BCUT2D eigenvalue weighted by atomic mass is 10.0. The summed E-state index contributed by atoms with van der Waals surface area (Å²) in [5, 5.41) is 15.7. The molecule has 3 aromatic carbocycles. The van der Waals surface area contributed by atoms with Gasteiger partial charge in [0.1, 0.15) is 28.9 Å². The van der Waals surface area contributed by atoms with Gasteiger partial charge in [0, 0.05) is 55.8 Å². The number of imide groups is 2. The molecule has 7 N–H and O–H groups in total. The molecule has 4 aromatic rings. The van der Waals surface area contributed by atoms with Crippen LogP contribution in [0.5, 0.6) is 11.5 Å². The van der Waals surface area contributed by atoms with Gasteiger partial charge in [-0.25, -0.2) is 4.79 Å². The number of fused-ring (bicyclic) bond motifs is 1. The van der Waals surface area contributed by atoms with Crippen molar-refractivity contribution in [1.29, 1.82) is 0 Å². The quantitative estimate of drug-likeness (QED) is 0.0111. The van der Waals surface area contributed by atoms with Crippen LogP contribution < -0.4 is 37.2 Å². The van der Waals surface area contributed by atoms with Crippen molar-refractivity contribution in [1.82, 2.24) is 20.5 Å². The normalized spacial score (nSPS) is 14.6. The van der Waals surface area contributed by atoms with Crippen LogP contribution in [0.15, 0.2) is 89.1 Å². The zero-order valence-electron chi connectivity index (χ0n) is 42.6. The number of hydrazone groups is 1. The number of carbonyl (C=O) groups is 7. The second-order valence-electron chi connectivity index (χ2n) is 17.2. The van der Waals surface area contributed by atoms with Gasteiger partial charge in [-0.1, -0.05) is 24.1 Å². The highest BCUT2D eigenvalue weighted by Crippen LogP contribution is 2.37. The molecular formula is C52H58ClF3N10O13. The minimum atomic E-state index is -4.69. The van der Waals surface area contributed by atoms with Gasteiger partial charge in [-0.15, -0.1) is 0 Å². The first-order chi connectivity index (χ1) is 38.1. The van der Waals surface area contributed by atoms with Crippen LogP contribution in [0.1, 0.15) is 75.3 Å². The Morgan fingerprint density at radius 1 is 0.785 bits per heavy atom. The zero-order valence-corrected chi connectivity index (χ0v) is 43.3. The molecule has 1 unspecified atom stereocenters. The molecule has 79 heavy (non-hydrogen) atoms. The summed E-state index contributed by atoms with van der Waals surface area (Å²) < 4.78 is 72.9. The van der Waals surface area contributed by atoms with Crippen LogP contribution in [0.3, 0.4) is 0 Å². The minimum Gasteiger partial charge on any atom is -0.457 e. The first-order valence-electron chi connectivity index (χ1n) is 24.9. The predicted octanol–water partition coefficient (Wildman–Crippen LogP) is 5.99. The van der Waals surface area contributed by atoms with Crippen LogP contribution in [0.25, 0.3) is 0 Å². The topological polar surface area (TPSA) is 302 Å². The Kier molecular flexibility index (Phi) is 23.6. The summed E-state index contributed by atoms with van der Waals surface area (Å²) in [5.74, 6) is 2.85.